The Labute approximate surface area is 291 Å². The fourth-order valence-electron chi connectivity index (χ4n) is 7.47. The van der Waals surface area contributed by atoms with Gasteiger partial charge in [-0.3, -0.25) is 9.59 Å². The molecule has 4 heterocycles. The molecule has 2 aromatic carbocycles. The van der Waals surface area contributed by atoms with E-state index in [9.17, 15) is 30.3 Å². The summed E-state index contributed by atoms with van der Waals surface area (Å²) in [6, 6.07) is 12.0. The number of nitrogens with zero attached hydrogens (tertiary/aromatic N) is 2. The van der Waals surface area contributed by atoms with E-state index in [1.807, 2.05) is 52.0 Å². The second-order valence-corrected chi connectivity index (χ2v) is 12.4. The van der Waals surface area contributed by atoms with E-state index in [1.165, 1.54) is 0 Å². The highest BCUT2D eigenvalue weighted by Crippen LogP contribution is 2.45. The molecule has 248 valence electrons. The van der Waals surface area contributed by atoms with E-state index in [-0.39, 0.29) is 36.8 Å². The molecule has 1 unspecified atom stereocenters. The third kappa shape index (κ3) is 6.49. The van der Waals surface area contributed by atoms with Gasteiger partial charge < -0.3 is 29.7 Å². The predicted molar refractivity (Wildman–Crippen MR) is 188 cm³/mol. The lowest BCUT2D eigenvalue weighted by molar-refractivity contribution is -0.150. The molecule has 0 saturated carbocycles. The number of rotatable bonds is 8. The fraction of sp³-hybridized carbons (Fsp3) is 0.444. The average Bonchev–Trinajstić information content (AvgIpc) is 3.61. The molecule has 0 aliphatic carbocycles. The van der Waals surface area contributed by atoms with Gasteiger partial charge in [0.15, 0.2) is 0 Å². The third-order valence-corrected chi connectivity index (χ3v) is 9.33. The average molecular weight is 753 g/mol. The normalized spacial score (nSPS) is 19.8. The van der Waals surface area contributed by atoms with Crippen molar-refractivity contribution < 1.29 is 29.3 Å². The molecule has 4 N–H and O–H groups in total. The van der Waals surface area contributed by atoms with Gasteiger partial charge in [-0.25, -0.2) is 0 Å². The number of benzene rings is 2. The standard InChI is InChI=1S/2C18H20N2O3.HI/c2*1-3-7-18(9-14(21)22)17-13(6-8-23-18)15-12(10-19)5-4-11(2)16(15)20-17;/h2*4-5,20H,3,6-9H2,1-2H3,(H,21,22);1H/t18-;;/m1../s1. The number of aromatic nitrogens is 2. The number of nitrogens with one attached hydrogen (secondary N) is 2. The summed E-state index contributed by atoms with van der Waals surface area (Å²) in [6.45, 7) is 8.99. The second kappa shape index (κ2) is 14.5. The maximum Gasteiger partial charge on any atom is 0.306 e. The molecule has 2 aliphatic rings. The van der Waals surface area contributed by atoms with Crippen LogP contribution in [-0.2, 0) is 43.1 Å². The lowest BCUT2D eigenvalue weighted by Crippen LogP contribution is -2.37. The minimum atomic E-state index is -0.873. The SMILES string of the molecule is CCCC1(CC(=O)O)OCCc2c1[nH]c1c(C)ccc(C#N)c21.CCC[C@]1(CC(=O)O)OCCc2c1[nH]c1c(C)ccc(C#N)c21.I. The van der Waals surface area contributed by atoms with Gasteiger partial charge in [0.05, 0.1) is 71.7 Å². The van der Waals surface area contributed by atoms with E-state index in [4.69, 9.17) is 9.47 Å². The van der Waals surface area contributed by atoms with Crippen LogP contribution in [0.3, 0.4) is 0 Å². The van der Waals surface area contributed by atoms with Crippen LogP contribution < -0.4 is 0 Å². The number of H-pyrrole nitrogens is 2. The van der Waals surface area contributed by atoms with Crippen LogP contribution >= 0.6 is 24.0 Å². The molecule has 0 amide bonds. The van der Waals surface area contributed by atoms with E-state index in [0.717, 1.165) is 68.3 Å². The summed E-state index contributed by atoms with van der Waals surface area (Å²) in [6.07, 6.45) is 4.18. The van der Waals surface area contributed by atoms with E-state index in [2.05, 4.69) is 22.1 Å². The molecule has 0 saturated heterocycles. The first kappa shape index (κ1) is 35.9. The second-order valence-electron chi connectivity index (χ2n) is 12.4. The zero-order chi connectivity index (χ0) is 33.2. The number of carboxylic acids is 2. The molecular weight excluding hydrogens is 711 g/mol. The quantitative estimate of drug-likeness (QED) is 0.135. The largest absolute Gasteiger partial charge is 0.481 e. The number of hydrogen-bond donors (Lipinski definition) is 4. The molecule has 0 radical (unpaired) electrons. The number of ether oxygens (including phenoxy) is 2. The molecule has 6 rings (SSSR count). The van der Waals surface area contributed by atoms with Crippen LogP contribution in [0.2, 0.25) is 0 Å². The van der Waals surface area contributed by atoms with Crippen molar-refractivity contribution in [2.45, 2.75) is 90.3 Å². The van der Waals surface area contributed by atoms with E-state index in [0.29, 0.717) is 50.0 Å². The van der Waals surface area contributed by atoms with Gasteiger partial charge in [-0.1, -0.05) is 38.8 Å². The van der Waals surface area contributed by atoms with Crippen molar-refractivity contribution in [3.8, 4) is 12.1 Å². The van der Waals surface area contributed by atoms with Gasteiger partial charge in [0.25, 0.3) is 0 Å². The first-order valence-electron chi connectivity index (χ1n) is 15.9. The van der Waals surface area contributed by atoms with Crippen molar-refractivity contribution >= 4 is 57.7 Å². The Kier molecular flexibility index (Phi) is 11.1. The van der Waals surface area contributed by atoms with Gasteiger partial charge in [0.1, 0.15) is 11.2 Å². The van der Waals surface area contributed by atoms with E-state index >= 15 is 0 Å². The van der Waals surface area contributed by atoms with Gasteiger partial charge in [0, 0.05) is 10.8 Å². The summed E-state index contributed by atoms with van der Waals surface area (Å²) in [5, 5.41) is 39.5. The molecule has 10 nitrogen and oxygen atoms in total. The zero-order valence-corrected chi connectivity index (χ0v) is 29.5. The summed E-state index contributed by atoms with van der Waals surface area (Å²) in [4.78, 5) is 29.6. The van der Waals surface area contributed by atoms with E-state index in [1.54, 1.807) is 0 Å². The van der Waals surface area contributed by atoms with Gasteiger partial charge in [-0.15, -0.1) is 24.0 Å². The predicted octanol–water partition coefficient (Wildman–Crippen LogP) is 7.40. The molecule has 11 heteroatoms. The minimum Gasteiger partial charge on any atom is -0.481 e. The number of hydrogen-bond acceptors (Lipinski definition) is 6. The maximum atomic E-state index is 11.4. The topological polar surface area (TPSA) is 172 Å². The molecule has 2 aromatic heterocycles. The molecule has 4 aromatic rings. The third-order valence-electron chi connectivity index (χ3n) is 9.33. The number of aliphatic carboxylic acids is 2. The lowest BCUT2D eigenvalue weighted by Gasteiger charge is -2.36. The molecule has 0 bridgehead atoms. The summed E-state index contributed by atoms with van der Waals surface area (Å²) in [5.74, 6) is -1.75. The minimum absolute atomic E-state index is 0. The van der Waals surface area contributed by atoms with Gasteiger partial charge in [-0.2, -0.15) is 10.5 Å². The van der Waals surface area contributed by atoms with Crippen molar-refractivity contribution in [2.75, 3.05) is 13.2 Å². The van der Waals surface area contributed by atoms with Crippen molar-refractivity contribution in [3.63, 3.8) is 0 Å². The van der Waals surface area contributed by atoms with Crippen LogP contribution in [-0.4, -0.2) is 45.3 Å². The van der Waals surface area contributed by atoms with Crippen LogP contribution in [0.15, 0.2) is 24.3 Å². The first-order chi connectivity index (χ1) is 22.0. The van der Waals surface area contributed by atoms with Crippen LogP contribution in [0.4, 0.5) is 0 Å². The highest BCUT2D eigenvalue weighted by atomic mass is 127. The molecule has 2 atom stereocenters. The highest BCUT2D eigenvalue weighted by Gasteiger charge is 2.43. The van der Waals surface area contributed by atoms with Crippen molar-refractivity contribution in [2.24, 2.45) is 0 Å². The van der Waals surface area contributed by atoms with Gasteiger partial charge in [-0.05, 0) is 73.9 Å². The Morgan fingerprint density at radius 2 is 1.15 bits per heavy atom. The van der Waals surface area contributed by atoms with Crippen LogP contribution in [0.5, 0.6) is 0 Å². The molecule has 0 fully saturated rings. The smallest absolute Gasteiger partial charge is 0.306 e. The number of aryl methyl sites for hydroxylation is 2. The summed E-state index contributed by atoms with van der Waals surface area (Å²) >= 11 is 0. The monoisotopic (exact) mass is 752 g/mol. The maximum absolute atomic E-state index is 11.4. The lowest BCUT2D eigenvalue weighted by atomic mass is 9.84. The summed E-state index contributed by atoms with van der Waals surface area (Å²) in [7, 11) is 0. The number of aromatic amines is 2. The Morgan fingerprint density at radius 1 is 0.766 bits per heavy atom. The Balaban J connectivity index is 0.000000208. The van der Waals surface area contributed by atoms with Crippen molar-refractivity contribution in [3.05, 3.63) is 69.0 Å². The molecule has 0 spiro atoms. The Bertz CT molecular complexity index is 1780. The number of carbonyl (C=O) groups is 2. The number of carboxylic acid groups (broad SMARTS) is 2. The molecule has 2 aliphatic heterocycles. The van der Waals surface area contributed by atoms with Crippen molar-refractivity contribution in [1.29, 1.82) is 10.5 Å². The van der Waals surface area contributed by atoms with Gasteiger partial charge >= 0.3 is 11.9 Å². The fourth-order valence-corrected chi connectivity index (χ4v) is 7.47. The summed E-state index contributed by atoms with van der Waals surface area (Å²) in [5.41, 5.74) is 7.32. The van der Waals surface area contributed by atoms with Crippen LogP contribution in [0.25, 0.3) is 21.8 Å². The number of fused-ring (bicyclic) bond motifs is 6. The van der Waals surface area contributed by atoms with Gasteiger partial charge in [0.2, 0.25) is 0 Å². The number of halogens is 1. The van der Waals surface area contributed by atoms with E-state index < -0.39 is 23.1 Å². The zero-order valence-electron chi connectivity index (χ0n) is 27.2. The molecule has 47 heavy (non-hydrogen) atoms. The Hall–Kier alpha value is -3.91. The van der Waals surface area contributed by atoms with Crippen LogP contribution in [0.1, 0.15) is 97.1 Å². The van der Waals surface area contributed by atoms with Crippen LogP contribution in [0, 0.1) is 36.5 Å². The summed E-state index contributed by atoms with van der Waals surface area (Å²) < 4.78 is 12.0. The first-order valence-corrected chi connectivity index (χ1v) is 15.9. The molecular formula is C36H41IN4O6. The van der Waals surface area contributed by atoms with Crippen molar-refractivity contribution in [1.82, 2.24) is 9.97 Å². The number of nitriles is 2. The Morgan fingerprint density at radius 3 is 1.47 bits per heavy atom. The highest BCUT2D eigenvalue weighted by molar-refractivity contribution is 14.0.